The molecule has 1 atom stereocenters. The molecule has 0 aliphatic rings. The number of amides is 1. The third kappa shape index (κ3) is 4.17. The molecule has 1 aromatic carbocycles. The number of esters is 1. The average Bonchev–Trinajstić information content (AvgIpc) is 3.07. The maximum absolute atomic E-state index is 11.8. The molecule has 1 amide bonds. The van der Waals surface area contributed by atoms with Crippen molar-refractivity contribution in [3.63, 3.8) is 0 Å². The van der Waals surface area contributed by atoms with Crippen molar-refractivity contribution < 1.29 is 18.8 Å². The largest absolute Gasteiger partial charge is 0.465 e. The second kappa shape index (κ2) is 7.69. The Labute approximate surface area is 139 Å². The van der Waals surface area contributed by atoms with Crippen LogP contribution < -0.4 is 11.1 Å². The molecule has 3 N–H and O–H groups in total. The fraction of sp³-hybridized carbons (Fsp3) is 0.375. The minimum absolute atomic E-state index is 0.0385. The molecule has 128 valence electrons. The highest BCUT2D eigenvalue weighted by molar-refractivity contribution is 5.89. The van der Waals surface area contributed by atoms with E-state index < -0.39 is 12.0 Å². The molecular weight excluding hydrogens is 312 g/mol. The molecule has 0 saturated heterocycles. The van der Waals surface area contributed by atoms with Crippen LogP contribution in [0.5, 0.6) is 0 Å². The molecule has 8 heteroatoms. The van der Waals surface area contributed by atoms with Crippen molar-refractivity contribution in [2.75, 3.05) is 7.11 Å². The summed E-state index contributed by atoms with van der Waals surface area (Å²) in [6, 6.07) is 6.02. The third-order valence-corrected chi connectivity index (χ3v) is 3.47. The number of methoxy groups -OCH3 is 1. The van der Waals surface area contributed by atoms with Crippen LogP contribution in [-0.2, 0) is 16.1 Å². The molecular formula is C16H20N4O4. The SMILES string of the molecule is COC(=O)c1ccc(-c2noc(CNC(=O)[C@@H](N)C(C)C)n2)cc1. The van der Waals surface area contributed by atoms with Gasteiger partial charge in [0.25, 0.3) is 0 Å². The predicted octanol–water partition coefficient (Wildman–Crippen LogP) is 1.12. The summed E-state index contributed by atoms with van der Waals surface area (Å²) in [5.41, 5.74) is 6.87. The number of carbonyl (C=O) groups excluding carboxylic acids is 2. The maximum atomic E-state index is 11.8. The van der Waals surface area contributed by atoms with E-state index in [2.05, 4.69) is 20.2 Å². The highest BCUT2D eigenvalue weighted by Gasteiger charge is 2.18. The van der Waals surface area contributed by atoms with Gasteiger partial charge in [0.2, 0.25) is 17.6 Å². The molecule has 2 rings (SSSR count). The predicted molar refractivity (Wildman–Crippen MR) is 85.7 cm³/mol. The van der Waals surface area contributed by atoms with Crippen molar-refractivity contribution in [2.24, 2.45) is 11.7 Å². The summed E-state index contributed by atoms with van der Waals surface area (Å²) in [6.45, 7) is 3.84. The van der Waals surface area contributed by atoms with Crippen LogP contribution in [0, 0.1) is 5.92 Å². The van der Waals surface area contributed by atoms with Gasteiger partial charge in [0.15, 0.2) is 0 Å². The fourth-order valence-corrected chi connectivity index (χ4v) is 1.90. The van der Waals surface area contributed by atoms with Gasteiger partial charge in [-0.05, 0) is 18.1 Å². The molecule has 0 radical (unpaired) electrons. The molecule has 0 fully saturated rings. The Hall–Kier alpha value is -2.74. The van der Waals surface area contributed by atoms with Gasteiger partial charge in [0.05, 0.1) is 25.3 Å². The first kappa shape index (κ1) is 17.6. The van der Waals surface area contributed by atoms with Crippen LogP contribution in [0.15, 0.2) is 28.8 Å². The van der Waals surface area contributed by atoms with E-state index in [-0.39, 0.29) is 24.3 Å². The lowest BCUT2D eigenvalue weighted by Crippen LogP contribution is -2.43. The van der Waals surface area contributed by atoms with E-state index in [1.54, 1.807) is 24.3 Å². The van der Waals surface area contributed by atoms with Crippen molar-refractivity contribution in [1.29, 1.82) is 0 Å². The summed E-state index contributed by atoms with van der Waals surface area (Å²) in [6.07, 6.45) is 0. The first-order valence-electron chi connectivity index (χ1n) is 7.47. The molecule has 24 heavy (non-hydrogen) atoms. The number of benzene rings is 1. The van der Waals surface area contributed by atoms with Crippen LogP contribution in [0.4, 0.5) is 0 Å². The number of hydrogen-bond acceptors (Lipinski definition) is 7. The van der Waals surface area contributed by atoms with E-state index in [4.69, 9.17) is 10.3 Å². The highest BCUT2D eigenvalue weighted by Crippen LogP contribution is 2.17. The van der Waals surface area contributed by atoms with Gasteiger partial charge < -0.3 is 20.3 Å². The van der Waals surface area contributed by atoms with E-state index in [9.17, 15) is 9.59 Å². The lowest BCUT2D eigenvalue weighted by Gasteiger charge is -2.14. The topological polar surface area (TPSA) is 120 Å². The molecule has 0 aliphatic carbocycles. The van der Waals surface area contributed by atoms with Gasteiger partial charge in [0, 0.05) is 5.56 Å². The van der Waals surface area contributed by atoms with E-state index in [1.807, 2.05) is 13.8 Å². The molecule has 0 bridgehead atoms. The Bertz CT molecular complexity index is 709. The Morgan fingerprint density at radius 1 is 1.29 bits per heavy atom. The molecule has 8 nitrogen and oxygen atoms in total. The Morgan fingerprint density at radius 2 is 1.96 bits per heavy atom. The normalized spacial score (nSPS) is 12.0. The molecule has 0 saturated carbocycles. The van der Waals surface area contributed by atoms with Crippen molar-refractivity contribution in [3.05, 3.63) is 35.7 Å². The van der Waals surface area contributed by atoms with E-state index in [0.29, 0.717) is 17.0 Å². The zero-order valence-electron chi connectivity index (χ0n) is 13.8. The Balaban J connectivity index is 2.00. The fourth-order valence-electron chi connectivity index (χ4n) is 1.90. The zero-order valence-corrected chi connectivity index (χ0v) is 13.8. The van der Waals surface area contributed by atoms with Gasteiger partial charge in [-0.15, -0.1) is 0 Å². The summed E-state index contributed by atoms with van der Waals surface area (Å²) >= 11 is 0. The summed E-state index contributed by atoms with van der Waals surface area (Å²) in [5.74, 6) is -0.0153. The van der Waals surface area contributed by atoms with Gasteiger partial charge in [-0.25, -0.2) is 4.79 Å². The van der Waals surface area contributed by atoms with Gasteiger partial charge >= 0.3 is 5.97 Å². The van der Waals surface area contributed by atoms with Crippen LogP contribution in [0.25, 0.3) is 11.4 Å². The zero-order chi connectivity index (χ0) is 17.7. The number of nitrogens with one attached hydrogen (secondary N) is 1. The van der Waals surface area contributed by atoms with Gasteiger partial charge in [0.1, 0.15) is 0 Å². The average molecular weight is 332 g/mol. The van der Waals surface area contributed by atoms with Crippen molar-refractivity contribution >= 4 is 11.9 Å². The number of carbonyl (C=O) groups is 2. The van der Waals surface area contributed by atoms with E-state index >= 15 is 0 Å². The minimum atomic E-state index is -0.585. The summed E-state index contributed by atoms with van der Waals surface area (Å²) in [4.78, 5) is 27.4. The number of rotatable bonds is 6. The van der Waals surface area contributed by atoms with Crippen molar-refractivity contribution in [1.82, 2.24) is 15.5 Å². The first-order chi connectivity index (χ1) is 11.4. The van der Waals surface area contributed by atoms with Crippen molar-refractivity contribution in [3.8, 4) is 11.4 Å². The number of aromatic nitrogens is 2. The monoisotopic (exact) mass is 332 g/mol. The first-order valence-corrected chi connectivity index (χ1v) is 7.47. The summed E-state index contributed by atoms with van der Waals surface area (Å²) < 4.78 is 9.74. The van der Waals surface area contributed by atoms with Gasteiger partial charge in [-0.1, -0.05) is 31.1 Å². The molecule has 1 aromatic heterocycles. The molecule has 1 heterocycles. The second-order valence-electron chi connectivity index (χ2n) is 5.57. The maximum Gasteiger partial charge on any atom is 0.337 e. The number of nitrogens with zero attached hydrogens (tertiary/aromatic N) is 2. The lowest BCUT2D eigenvalue weighted by atomic mass is 10.1. The van der Waals surface area contributed by atoms with Gasteiger partial charge in [-0.3, -0.25) is 4.79 Å². The summed E-state index contributed by atoms with van der Waals surface area (Å²) in [7, 11) is 1.32. The smallest absolute Gasteiger partial charge is 0.337 e. The highest BCUT2D eigenvalue weighted by atomic mass is 16.5. The molecule has 0 spiro atoms. The summed E-state index contributed by atoms with van der Waals surface area (Å²) in [5, 5.41) is 6.51. The quantitative estimate of drug-likeness (QED) is 0.760. The minimum Gasteiger partial charge on any atom is -0.465 e. The van der Waals surface area contributed by atoms with Crippen LogP contribution in [0.2, 0.25) is 0 Å². The Morgan fingerprint density at radius 3 is 2.54 bits per heavy atom. The molecule has 0 aliphatic heterocycles. The number of hydrogen-bond donors (Lipinski definition) is 2. The third-order valence-electron chi connectivity index (χ3n) is 3.47. The Kier molecular flexibility index (Phi) is 5.64. The number of ether oxygens (including phenoxy) is 1. The van der Waals surface area contributed by atoms with Crippen LogP contribution in [-0.4, -0.2) is 35.2 Å². The van der Waals surface area contributed by atoms with Crippen LogP contribution in [0.1, 0.15) is 30.1 Å². The van der Waals surface area contributed by atoms with E-state index in [0.717, 1.165) is 0 Å². The van der Waals surface area contributed by atoms with Crippen molar-refractivity contribution in [2.45, 2.75) is 26.4 Å². The molecule has 0 unspecified atom stereocenters. The van der Waals surface area contributed by atoms with E-state index in [1.165, 1.54) is 7.11 Å². The lowest BCUT2D eigenvalue weighted by molar-refractivity contribution is -0.123. The molecule has 2 aromatic rings. The number of nitrogens with two attached hydrogens (primary N) is 1. The standard InChI is InChI=1S/C16H20N4O4/c1-9(2)13(17)15(21)18-8-12-19-14(20-24-12)10-4-6-11(7-5-10)16(22)23-3/h4-7,9,13H,8,17H2,1-3H3,(H,18,21)/t13-/m0/s1. The second-order valence-corrected chi connectivity index (χ2v) is 5.57. The van der Waals surface area contributed by atoms with Crippen LogP contribution >= 0.6 is 0 Å². The van der Waals surface area contributed by atoms with Crippen LogP contribution in [0.3, 0.4) is 0 Å². The van der Waals surface area contributed by atoms with Gasteiger partial charge in [-0.2, -0.15) is 4.98 Å².